The van der Waals surface area contributed by atoms with Gasteiger partial charge in [-0.2, -0.15) is 5.10 Å². The van der Waals surface area contributed by atoms with Crippen LogP contribution in [0.4, 0.5) is 0 Å². The second-order valence-electron chi connectivity index (χ2n) is 6.16. The van der Waals surface area contributed by atoms with Crippen LogP contribution in [0.2, 0.25) is 0 Å². The first-order valence-electron chi connectivity index (χ1n) is 8.14. The Hall–Kier alpha value is -3.08. The Balaban J connectivity index is 1.94. The summed E-state index contributed by atoms with van der Waals surface area (Å²) in [6.07, 6.45) is 0. The number of aromatic amines is 1. The lowest BCUT2D eigenvalue weighted by Crippen LogP contribution is -1.98. The molecule has 0 aliphatic carbocycles. The maximum Gasteiger partial charge on any atom is 0.353 e. The Morgan fingerprint density at radius 3 is 2.56 bits per heavy atom. The molecule has 25 heavy (non-hydrogen) atoms. The van der Waals surface area contributed by atoms with Gasteiger partial charge in [0.05, 0.1) is 5.69 Å². The SMILES string of the molecule is CC(C)c1ccc(OCc2ccccc2)c(-c2cc(C(=O)O)[nH]n2)c1. The van der Waals surface area contributed by atoms with E-state index in [1.165, 1.54) is 6.07 Å². The zero-order valence-electron chi connectivity index (χ0n) is 14.2. The van der Waals surface area contributed by atoms with Gasteiger partial charge < -0.3 is 9.84 Å². The second kappa shape index (κ2) is 7.21. The minimum atomic E-state index is -1.04. The summed E-state index contributed by atoms with van der Waals surface area (Å²) in [4.78, 5) is 11.1. The maximum absolute atomic E-state index is 11.1. The standard InChI is InChI=1S/C20H20N2O3/c1-13(2)15-8-9-19(25-12-14-6-4-3-5-7-14)16(10-15)17-11-18(20(23)24)22-21-17/h3-11,13H,12H2,1-2H3,(H,21,22)(H,23,24). The molecule has 0 spiro atoms. The van der Waals surface area contributed by atoms with E-state index in [1.54, 1.807) is 0 Å². The molecule has 0 saturated heterocycles. The number of rotatable bonds is 6. The number of hydrogen-bond acceptors (Lipinski definition) is 3. The molecule has 3 rings (SSSR count). The van der Waals surface area contributed by atoms with Gasteiger partial charge in [0, 0.05) is 5.56 Å². The van der Waals surface area contributed by atoms with Crippen LogP contribution in [0.25, 0.3) is 11.3 Å². The zero-order valence-corrected chi connectivity index (χ0v) is 14.2. The summed E-state index contributed by atoms with van der Waals surface area (Å²) in [7, 11) is 0. The number of aromatic carboxylic acids is 1. The van der Waals surface area contributed by atoms with Crippen molar-refractivity contribution in [2.75, 3.05) is 0 Å². The fourth-order valence-corrected chi connectivity index (χ4v) is 2.54. The van der Waals surface area contributed by atoms with E-state index >= 15 is 0 Å². The quantitative estimate of drug-likeness (QED) is 0.696. The van der Waals surface area contributed by atoms with E-state index in [9.17, 15) is 4.79 Å². The molecule has 2 aromatic carbocycles. The Labute approximate surface area is 146 Å². The van der Waals surface area contributed by atoms with Crippen LogP contribution in [-0.4, -0.2) is 21.3 Å². The van der Waals surface area contributed by atoms with Gasteiger partial charge >= 0.3 is 5.97 Å². The first-order valence-corrected chi connectivity index (χ1v) is 8.14. The van der Waals surface area contributed by atoms with Crippen LogP contribution in [0.1, 0.15) is 41.4 Å². The third-order valence-electron chi connectivity index (χ3n) is 3.99. The normalized spacial score (nSPS) is 10.8. The summed E-state index contributed by atoms with van der Waals surface area (Å²) in [5, 5.41) is 15.8. The number of ether oxygens (including phenoxy) is 1. The summed E-state index contributed by atoms with van der Waals surface area (Å²) in [6, 6.07) is 17.4. The monoisotopic (exact) mass is 336 g/mol. The van der Waals surface area contributed by atoms with Crippen LogP contribution in [0.3, 0.4) is 0 Å². The van der Waals surface area contributed by atoms with Crippen molar-refractivity contribution >= 4 is 5.97 Å². The second-order valence-corrected chi connectivity index (χ2v) is 6.16. The van der Waals surface area contributed by atoms with Crippen molar-refractivity contribution in [3.63, 3.8) is 0 Å². The van der Waals surface area contributed by atoms with Gasteiger partial charge in [0.15, 0.2) is 0 Å². The minimum absolute atomic E-state index is 0.0546. The molecule has 0 unspecified atom stereocenters. The Bertz CT molecular complexity index is 870. The van der Waals surface area contributed by atoms with Crippen LogP contribution in [0.5, 0.6) is 5.75 Å². The summed E-state index contributed by atoms with van der Waals surface area (Å²) >= 11 is 0. The van der Waals surface area contributed by atoms with E-state index < -0.39 is 5.97 Å². The molecule has 0 radical (unpaired) electrons. The van der Waals surface area contributed by atoms with E-state index in [2.05, 4.69) is 24.0 Å². The van der Waals surface area contributed by atoms with E-state index in [1.807, 2.05) is 48.5 Å². The first kappa shape index (κ1) is 16.8. The summed E-state index contributed by atoms with van der Waals surface area (Å²) in [5.41, 5.74) is 3.60. The topological polar surface area (TPSA) is 75.2 Å². The highest BCUT2D eigenvalue weighted by molar-refractivity contribution is 5.87. The smallest absolute Gasteiger partial charge is 0.353 e. The number of carbonyl (C=O) groups is 1. The van der Waals surface area contributed by atoms with Crippen molar-refractivity contribution in [2.24, 2.45) is 0 Å². The van der Waals surface area contributed by atoms with Crippen LogP contribution in [-0.2, 0) is 6.61 Å². The number of carboxylic acids is 1. The van der Waals surface area contributed by atoms with E-state index in [-0.39, 0.29) is 5.69 Å². The molecule has 1 heterocycles. The summed E-state index contributed by atoms with van der Waals surface area (Å²) < 4.78 is 5.98. The van der Waals surface area contributed by atoms with E-state index in [0.717, 1.165) is 16.7 Å². The predicted molar refractivity (Wildman–Crippen MR) is 95.8 cm³/mol. The molecule has 0 saturated carbocycles. The summed E-state index contributed by atoms with van der Waals surface area (Å²) in [6.45, 7) is 4.65. The number of carboxylic acid groups (broad SMARTS) is 1. The molecule has 128 valence electrons. The van der Waals surface area contributed by atoms with Crippen molar-refractivity contribution in [1.82, 2.24) is 10.2 Å². The van der Waals surface area contributed by atoms with Crippen LogP contribution < -0.4 is 4.74 Å². The van der Waals surface area contributed by atoms with E-state index in [0.29, 0.717) is 24.0 Å². The van der Waals surface area contributed by atoms with Gasteiger partial charge in [0.1, 0.15) is 18.1 Å². The van der Waals surface area contributed by atoms with Crippen LogP contribution in [0, 0.1) is 0 Å². The summed E-state index contributed by atoms with van der Waals surface area (Å²) in [5.74, 6) is -0.0120. The van der Waals surface area contributed by atoms with Gasteiger partial charge in [-0.25, -0.2) is 4.79 Å². The molecule has 1 aromatic heterocycles. The molecule has 0 aliphatic heterocycles. The third kappa shape index (κ3) is 3.88. The molecule has 0 bridgehead atoms. The maximum atomic E-state index is 11.1. The molecule has 5 nitrogen and oxygen atoms in total. The fraction of sp³-hybridized carbons (Fsp3) is 0.200. The highest BCUT2D eigenvalue weighted by Gasteiger charge is 2.15. The zero-order chi connectivity index (χ0) is 17.8. The predicted octanol–water partition coefficient (Wildman–Crippen LogP) is 4.48. The van der Waals surface area contributed by atoms with Crippen molar-refractivity contribution in [3.8, 4) is 17.0 Å². The lowest BCUT2D eigenvalue weighted by molar-refractivity contribution is 0.0690. The van der Waals surface area contributed by atoms with Crippen molar-refractivity contribution in [2.45, 2.75) is 26.4 Å². The van der Waals surface area contributed by atoms with E-state index in [4.69, 9.17) is 9.84 Å². The van der Waals surface area contributed by atoms with Gasteiger partial charge in [-0.05, 0) is 35.2 Å². The highest BCUT2D eigenvalue weighted by Crippen LogP contribution is 2.33. The molecule has 0 aliphatic rings. The largest absolute Gasteiger partial charge is 0.488 e. The molecule has 3 aromatic rings. The number of aromatic nitrogens is 2. The van der Waals surface area contributed by atoms with Gasteiger partial charge in [0.25, 0.3) is 0 Å². The number of hydrogen-bond donors (Lipinski definition) is 2. The molecule has 2 N–H and O–H groups in total. The van der Waals surface area contributed by atoms with Crippen molar-refractivity contribution in [1.29, 1.82) is 0 Å². The molecule has 5 heteroatoms. The molecular formula is C20H20N2O3. The lowest BCUT2D eigenvalue weighted by atomic mass is 9.99. The third-order valence-corrected chi connectivity index (χ3v) is 3.99. The number of nitrogens with one attached hydrogen (secondary N) is 1. The molecule has 0 amide bonds. The molecular weight excluding hydrogens is 316 g/mol. The number of H-pyrrole nitrogens is 1. The molecule has 0 fully saturated rings. The average Bonchev–Trinajstić information content (AvgIpc) is 3.11. The first-order chi connectivity index (χ1) is 12.0. The number of nitrogens with zero attached hydrogens (tertiary/aromatic N) is 1. The number of benzene rings is 2. The Morgan fingerprint density at radius 1 is 1.16 bits per heavy atom. The minimum Gasteiger partial charge on any atom is -0.488 e. The lowest BCUT2D eigenvalue weighted by Gasteiger charge is -2.13. The van der Waals surface area contributed by atoms with Gasteiger partial charge in [-0.15, -0.1) is 0 Å². The molecule has 0 atom stereocenters. The van der Waals surface area contributed by atoms with Gasteiger partial charge in [0.2, 0.25) is 0 Å². The average molecular weight is 336 g/mol. The van der Waals surface area contributed by atoms with Crippen LogP contribution in [0.15, 0.2) is 54.6 Å². The van der Waals surface area contributed by atoms with Gasteiger partial charge in [-0.1, -0.05) is 50.2 Å². The highest BCUT2D eigenvalue weighted by atomic mass is 16.5. The van der Waals surface area contributed by atoms with Crippen molar-refractivity contribution in [3.05, 3.63) is 71.4 Å². The van der Waals surface area contributed by atoms with Gasteiger partial charge in [-0.3, -0.25) is 5.10 Å². The fourth-order valence-electron chi connectivity index (χ4n) is 2.54. The Kier molecular flexibility index (Phi) is 4.84. The Morgan fingerprint density at radius 2 is 1.92 bits per heavy atom. The van der Waals surface area contributed by atoms with Crippen molar-refractivity contribution < 1.29 is 14.6 Å². The van der Waals surface area contributed by atoms with Crippen LogP contribution >= 0.6 is 0 Å².